The molecule has 0 amide bonds. The molecule has 1 aromatic heterocycles. The summed E-state index contributed by atoms with van der Waals surface area (Å²) in [6.45, 7) is -0.361. The summed E-state index contributed by atoms with van der Waals surface area (Å²) in [4.78, 5) is 3.79. The van der Waals surface area contributed by atoms with E-state index in [-0.39, 0.29) is 27.8 Å². The van der Waals surface area contributed by atoms with Crippen molar-refractivity contribution >= 4 is 27.3 Å². The molecule has 0 aliphatic heterocycles. The maximum atomic E-state index is 13.3. The Hall–Kier alpha value is -2.78. The first-order chi connectivity index (χ1) is 14.1. The zero-order valence-electron chi connectivity index (χ0n) is 15.6. The van der Waals surface area contributed by atoms with E-state index in [1.54, 1.807) is 30.3 Å². The van der Waals surface area contributed by atoms with Gasteiger partial charge in [-0.05, 0) is 42.5 Å². The SMILES string of the molecule is COc1ccc(N(Cc2ncc(C(F)(F)F)cc2Cl)S(=O)(=O)c2ccccc2)cc1. The Morgan fingerprint density at radius 2 is 1.70 bits per heavy atom. The van der Waals surface area contributed by atoms with E-state index < -0.39 is 21.8 Å². The van der Waals surface area contributed by atoms with E-state index in [1.807, 2.05) is 0 Å². The van der Waals surface area contributed by atoms with E-state index in [0.717, 1.165) is 10.4 Å². The number of ether oxygens (including phenoxy) is 1. The Bertz CT molecular complexity index is 1120. The maximum absolute atomic E-state index is 13.3. The molecule has 30 heavy (non-hydrogen) atoms. The van der Waals surface area contributed by atoms with E-state index in [0.29, 0.717) is 11.9 Å². The first kappa shape index (κ1) is 21.9. The van der Waals surface area contributed by atoms with Crippen LogP contribution in [-0.4, -0.2) is 20.5 Å². The van der Waals surface area contributed by atoms with Crippen molar-refractivity contribution in [3.05, 3.63) is 83.1 Å². The van der Waals surface area contributed by atoms with Crippen LogP contribution in [0.1, 0.15) is 11.3 Å². The number of methoxy groups -OCH3 is 1. The molecule has 158 valence electrons. The second-order valence-corrected chi connectivity index (χ2v) is 8.44. The molecular formula is C20H16ClF3N2O3S. The fourth-order valence-corrected chi connectivity index (χ4v) is 4.33. The molecule has 0 spiro atoms. The van der Waals surface area contributed by atoms with Crippen LogP contribution in [0.3, 0.4) is 0 Å². The van der Waals surface area contributed by atoms with Gasteiger partial charge in [0.15, 0.2) is 0 Å². The number of hydrogen-bond donors (Lipinski definition) is 0. The third-order valence-electron chi connectivity index (χ3n) is 4.23. The lowest BCUT2D eigenvalue weighted by Gasteiger charge is -2.25. The molecule has 0 atom stereocenters. The van der Waals surface area contributed by atoms with Crippen LogP contribution in [0.25, 0.3) is 0 Å². The Morgan fingerprint density at radius 1 is 1.07 bits per heavy atom. The lowest BCUT2D eigenvalue weighted by Crippen LogP contribution is -2.31. The fraction of sp³-hybridized carbons (Fsp3) is 0.150. The second kappa shape index (κ2) is 8.53. The van der Waals surface area contributed by atoms with Gasteiger partial charge in [0.05, 0.1) is 40.5 Å². The van der Waals surface area contributed by atoms with Crippen molar-refractivity contribution < 1.29 is 26.3 Å². The third-order valence-corrected chi connectivity index (χ3v) is 6.35. The van der Waals surface area contributed by atoms with Gasteiger partial charge in [0, 0.05) is 6.20 Å². The number of nitrogens with zero attached hydrogens (tertiary/aromatic N) is 2. The highest BCUT2D eigenvalue weighted by atomic mass is 35.5. The smallest absolute Gasteiger partial charge is 0.417 e. The Balaban J connectivity index is 2.06. The summed E-state index contributed by atoms with van der Waals surface area (Å²) in [5.74, 6) is 0.515. The van der Waals surface area contributed by atoms with E-state index >= 15 is 0 Å². The summed E-state index contributed by atoms with van der Waals surface area (Å²) >= 11 is 6.01. The minimum absolute atomic E-state index is 0.0139. The predicted molar refractivity (Wildman–Crippen MR) is 107 cm³/mol. The van der Waals surface area contributed by atoms with Gasteiger partial charge in [-0.15, -0.1) is 0 Å². The molecule has 2 aromatic carbocycles. The molecule has 0 radical (unpaired) electrons. The van der Waals surface area contributed by atoms with Crippen LogP contribution in [0, 0.1) is 0 Å². The Kier molecular flexibility index (Phi) is 6.23. The van der Waals surface area contributed by atoms with E-state index in [1.165, 1.54) is 31.4 Å². The fourth-order valence-electron chi connectivity index (χ4n) is 2.66. The van der Waals surface area contributed by atoms with Crippen LogP contribution < -0.4 is 9.04 Å². The maximum Gasteiger partial charge on any atom is 0.417 e. The van der Waals surface area contributed by atoms with Crippen molar-refractivity contribution in [1.82, 2.24) is 4.98 Å². The number of halogens is 4. The highest BCUT2D eigenvalue weighted by Gasteiger charge is 2.32. The van der Waals surface area contributed by atoms with Crippen molar-refractivity contribution in [1.29, 1.82) is 0 Å². The number of benzene rings is 2. The number of pyridine rings is 1. The van der Waals surface area contributed by atoms with Crippen LogP contribution in [0.2, 0.25) is 5.02 Å². The molecule has 0 unspecified atom stereocenters. The molecule has 0 N–H and O–H groups in total. The van der Waals surface area contributed by atoms with Crippen LogP contribution in [-0.2, 0) is 22.7 Å². The zero-order chi connectivity index (χ0) is 21.9. The van der Waals surface area contributed by atoms with Gasteiger partial charge in [-0.25, -0.2) is 8.42 Å². The molecule has 3 aromatic rings. The summed E-state index contributed by atoms with van der Waals surface area (Å²) in [5.41, 5.74) is -0.754. The topological polar surface area (TPSA) is 59.5 Å². The van der Waals surface area contributed by atoms with Crippen molar-refractivity contribution in [2.24, 2.45) is 0 Å². The number of rotatable bonds is 6. The van der Waals surface area contributed by atoms with Gasteiger partial charge in [0.1, 0.15) is 5.75 Å². The van der Waals surface area contributed by atoms with Crippen LogP contribution in [0.4, 0.5) is 18.9 Å². The Labute approximate surface area is 176 Å². The molecule has 0 fully saturated rings. The van der Waals surface area contributed by atoms with E-state index in [9.17, 15) is 21.6 Å². The molecule has 5 nitrogen and oxygen atoms in total. The second-order valence-electron chi connectivity index (χ2n) is 6.17. The first-order valence-corrected chi connectivity index (χ1v) is 10.4. The molecule has 0 aliphatic rings. The lowest BCUT2D eigenvalue weighted by atomic mass is 10.2. The number of alkyl halides is 3. The summed E-state index contributed by atoms with van der Waals surface area (Å²) < 4.78 is 71.3. The number of hydrogen-bond acceptors (Lipinski definition) is 4. The molecule has 0 bridgehead atoms. The van der Waals surface area contributed by atoms with Crippen LogP contribution in [0.5, 0.6) is 5.75 Å². The standard InChI is InChI=1S/C20H16ClF3N2O3S/c1-29-16-9-7-15(8-10-16)26(30(27,28)17-5-3-2-4-6-17)13-19-18(21)11-14(12-25-19)20(22,23)24/h2-12H,13H2,1H3. The minimum atomic E-state index is -4.61. The predicted octanol–water partition coefficient (Wildman–Crippen LogP) is 5.16. The number of aromatic nitrogens is 1. The zero-order valence-corrected chi connectivity index (χ0v) is 17.2. The third kappa shape index (κ3) is 4.68. The average Bonchev–Trinajstić information content (AvgIpc) is 2.73. The van der Waals surface area contributed by atoms with Gasteiger partial charge in [0.2, 0.25) is 0 Å². The summed E-state index contributed by atoms with van der Waals surface area (Å²) in [6.07, 6.45) is -3.98. The van der Waals surface area contributed by atoms with Gasteiger partial charge in [-0.2, -0.15) is 13.2 Å². The van der Waals surface area contributed by atoms with E-state index in [2.05, 4.69) is 4.98 Å². The van der Waals surface area contributed by atoms with Crippen molar-refractivity contribution in [3.8, 4) is 5.75 Å². The summed E-state index contributed by atoms with van der Waals surface area (Å²) in [6, 6.07) is 14.6. The Morgan fingerprint density at radius 3 is 2.23 bits per heavy atom. The monoisotopic (exact) mass is 456 g/mol. The molecule has 0 saturated heterocycles. The highest BCUT2D eigenvalue weighted by Crippen LogP contribution is 2.33. The molecular weight excluding hydrogens is 441 g/mol. The normalized spacial score (nSPS) is 11.9. The van der Waals surface area contributed by atoms with Gasteiger partial charge in [-0.1, -0.05) is 29.8 Å². The van der Waals surface area contributed by atoms with E-state index in [4.69, 9.17) is 16.3 Å². The van der Waals surface area contributed by atoms with Gasteiger partial charge < -0.3 is 4.74 Å². The summed E-state index contributed by atoms with van der Waals surface area (Å²) in [7, 11) is -2.58. The molecule has 3 rings (SSSR count). The number of anilines is 1. The minimum Gasteiger partial charge on any atom is -0.497 e. The van der Waals surface area contributed by atoms with Crippen molar-refractivity contribution in [3.63, 3.8) is 0 Å². The quantitative estimate of drug-likeness (QED) is 0.514. The van der Waals surface area contributed by atoms with Gasteiger partial charge in [-0.3, -0.25) is 9.29 Å². The van der Waals surface area contributed by atoms with Crippen molar-refractivity contribution in [2.45, 2.75) is 17.6 Å². The first-order valence-electron chi connectivity index (χ1n) is 8.56. The lowest BCUT2D eigenvalue weighted by molar-refractivity contribution is -0.137. The highest BCUT2D eigenvalue weighted by molar-refractivity contribution is 7.92. The van der Waals surface area contributed by atoms with Gasteiger partial charge >= 0.3 is 6.18 Å². The number of sulfonamides is 1. The van der Waals surface area contributed by atoms with Crippen LogP contribution in [0.15, 0.2) is 71.8 Å². The van der Waals surface area contributed by atoms with Crippen molar-refractivity contribution in [2.75, 3.05) is 11.4 Å². The molecule has 0 saturated carbocycles. The molecule has 10 heteroatoms. The summed E-state index contributed by atoms with van der Waals surface area (Å²) in [5, 5.41) is -0.286. The van der Waals surface area contributed by atoms with Crippen LogP contribution >= 0.6 is 11.6 Å². The van der Waals surface area contributed by atoms with Gasteiger partial charge in [0.25, 0.3) is 10.0 Å². The largest absolute Gasteiger partial charge is 0.497 e. The molecule has 0 aliphatic carbocycles. The average molecular weight is 457 g/mol. The molecule has 1 heterocycles.